The van der Waals surface area contributed by atoms with Crippen molar-refractivity contribution in [2.75, 3.05) is 0 Å². The highest BCUT2D eigenvalue weighted by Crippen LogP contribution is 2.42. The van der Waals surface area contributed by atoms with Crippen LogP contribution in [-0.2, 0) is 0 Å². The Balaban J connectivity index is 1.05. The number of fused-ring (bicyclic) bond motifs is 9. The largest absolute Gasteiger partial charge is 0.248 e. The summed E-state index contributed by atoms with van der Waals surface area (Å²) in [5, 5.41) is 12.5. The van der Waals surface area contributed by atoms with Crippen LogP contribution in [-0.4, -0.2) is 4.98 Å². The van der Waals surface area contributed by atoms with Gasteiger partial charge in [0.05, 0.1) is 11.4 Å². The molecular formula is C67H43N. The highest BCUT2D eigenvalue weighted by molar-refractivity contribution is 6.26. The number of hydrogen-bond acceptors (Lipinski definition) is 1. The van der Waals surface area contributed by atoms with Crippen LogP contribution in [0.4, 0.5) is 0 Å². The molecule has 12 aromatic carbocycles. The van der Waals surface area contributed by atoms with Crippen LogP contribution in [0.1, 0.15) is 0 Å². The van der Waals surface area contributed by atoms with E-state index in [1.165, 1.54) is 81.7 Å². The predicted octanol–water partition coefficient (Wildman–Crippen LogP) is 18.5. The Morgan fingerprint density at radius 2 is 0.544 bits per heavy atom. The first-order valence-corrected chi connectivity index (χ1v) is 23.4. The number of aromatic nitrogens is 1. The summed E-state index contributed by atoms with van der Waals surface area (Å²) in [5.41, 5.74) is 15.6. The van der Waals surface area contributed by atoms with E-state index in [9.17, 15) is 0 Å². The second-order valence-corrected chi connectivity index (χ2v) is 17.9. The molecule has 0 amide bonds. The second-order valence-electron chi connectivity index (χ2n) is 17.9. The molecule has 1 nitrogen and oxygen atoms in total. The van der Waals surface area contributed by atoms with Crippen LogP contribution in [0.15, 0.2) is 261 Å². The van der Waals surface area contributed by atoms with Gasteiger partial charge < -0.3 is 0 Å². The summed E-state index contributed by atoms with van der Waals surface area (Å²) in [5.74, 6) is 0. The minimum atomic E-state index is 0.919. The molecule has 1 heteroatoms. The molecule has 0 saturated carbocycles. The molecular weight excluding hydrogens is 819 g/mol. The summed E-state index contributed by atoms with van der Waals surface area (Å²) in [6, 6.07) is 95.2. The zero-order chi connectivity index (χ0) is 45.0. The van der Waals surface area contributed by atoms with Crippen molar-refractivity contribution in [3.8, 4) is 78.1 Å². The molecule has 0 aliphatic carbocycles. The standard InChI is InChI=1S/C67H43N/c1-3-15-44(16-4-1)46-27-29-48(30-28-46)53-42-66(49-33-31-47(32-34-49)45-17-5-2-6-18-45)68-67(43-53)55-38-52(37-54(39-55)64-41-51-19-7-8-20-56(51)57-21-9-13-25-61(57)64)50-35-36-63-60-24-11-10-22-58(60)59-23-12-14-26-62(59)65(63)40-50/h1-43H. The van der Waals surface area contributed by atoms with E-state index in [1.807, 2.05) is 0 Å². The highest BCUT2D eigenvalue weighted by atomic mass is 14.7. The molecule has 1 heterocycles. The fraction of sp³-hybridized carbons (Fsp3) is 0. The zero-order valence-corrected chi connectivity index (χ0v) is 37.3. The van der Waals surface area contributed by atoms with E-state index in [2.05, 4.69) is 261 Å². The summed E-state index contributed by atoms with van der Waals surface area (Å²) in [7, 11) is 0. The van der Waals surface area contributed by atoms with Gasteiger partial charge in [-0.05, 0) is 152 Å². The van der Waals surface area contributed by atoms with E-state index < -0.39 is 0 Å². The lowest BCUT2D eigenvalue weighted by Gasteiger charge is -2.17. The van der Waals surface area contributed by atoms with E-state index >= 15 is 0 Å². The Morgan fingerprint density at radius 1 is 0.176 bits per heavy atom. The van der Waals surface area contributed by atoms with E-state index in [0.29, 0.717) is 0 Å². The molecule has 0 bridgehead atoms. The Morgan fingerprint density at radius 3 is 1.13 bits per heavy atom. The summed E-state index contributed by atoms with van der Waals surface area (Å²) >= 11 is 0. The van der Waals surface area contributed by atoms with Crippen molar-refractivity contribution >= 4 is 53.9 Å². The number of pyridine rings is 1. The predicted molar refractivity (Wildman–Crippen MR) is 290 cm³/mol. The van der Waals surface area contributed by atoms with E-state index in [-0.39, 0.29) is 0 Å². The SMILES string of the molecule is c1ccc(-c2ccc(-c3cc(-c4ccc(-c5ccccc5)cc4)nc(-c4cc(-c5ccc6c7ccccc7c7ccccc7c6c5)cc(-c5cc6ccccc6c6ccccc56)c4)c3)cc2)cc1. The molecule has 1 aromatic heterocycles. The van der Waals surface area contributed by atoms with Crippen molar-refractivity contribution in [1.29, 1.82) is 0 Å². The van der Waals surface area contributed by atoms with Gasteiger partial charge in [-0.25, -0.2) is 4.98 Å². The highest BCUT2D eigenvalue weighted by Gasteiger charge is 2.17. The lowest BCUT2D eigenvalue weighted by atomic mass is 9.88. The van der Waals surface area contributed by atoms with Crippen LogP contribution >= 0.6 is 0 Å². The van der Waals surface area contributed by atoms with Gasteiger partial charge in [-0.3, -0.25) is 0 Å². The van der Waals surface area contributed by atoms with Crippen molar-refractivity contribution in [3.63, 3.8) is 0 Å². The van der Waals surface area contributed by atoms with Crippen molar-refractivity contribution < 1.29 is 0 Å². The quantitative estimate of drug-likeness (QED) is 0.146. The van der Waals surface area contributed by atoms with E-state index in [4.69, 9.17) is 4.98 Å². The lowest BCUT2D eigenvalue weighted by molar-refractivity contribution is 1.32. The van der Waals surface area contributed by atoms with Gasteiger partial charge in [0.1, 0.15) is 0 Å². The topological polar surface area (TPSA) is 12.9 Å². The number of rotatable bonds is 7. The van der Waals surface area contributed by atoms with Crippen molar-refractivity contribution in [1.82, 2.24) is 4.98 Å². The maximum atomic E-state index is 5.57. The van der Waals surface area contributed by atoms with Crippen molar-refractivity contribution in [3.05, 3.63) is 261 Å². The maximum absolute atomic E-state index is 5.57. The van der Waals surface area contributed by atoms with E-state index in [0.717, 1.165) is 50.3 Å². The third-order valence-corrected chi connectivity index (χ3v) is 13.8. The second kappa shape index (κ2) is 16.5. The van der Waals surface area contributed by atoms with Crippen LogP contribution in [0.5, 0.6) is 0 Å². The summed E-state index contributed by atoms with van der Waals surface area (Å²) in [4.78, 5) is 5.57. The third-order valence-electron chi connectivity index (χ3n) is 13.8. The van der Waals surface area contributed by atoms with Crippen LogP contribution in [0.25, 0.3) is 132 Å². The first-order valence-electron chi connectivity index (χ1n) is 23.4. The van der Waals surface area contributed by atoms with Crippen LogP contribution in [0.2, 0.25) is 0 Å². The molecule has 13 rings (SSSR count). The molecule has 0 aliphatic heterocycles. The van der Waals surface area contributed by atoms with Crippen molar-refractivity contribution in [2.45, 2.75) is 0 Å². The Kier molecular flexibility index (Phi) is 9.58. The average Bonchev–Trinajstić information content (AvgIpc) is 3.43. The molecule has 0 N–H and O–H groups in total. The van der Waals surface area contributed by atoms with Gasteiger partial charge in [0.2, 0.25) is 0 Å². The first-order chi connectivity index (χ1) is 33.7. The number of nitrogens with zero attached hydrogens (tertiary/aromatic N) is 1. The molecule has 13 aromatic rings. The van der Waals surface area contributed by atoms with Gasteiger partial charge in [0.15, 0.2) is 0 Å². The lowest BCUT2D eigenvalue weighted by Crippen LogP contribution is -1.94. The first kappa shape index (κ1) is 39.5. The summed E-state index contributed by atoms with van der Waals surface area (Å²) < 4.78 is 0. The molecule has 0 saturated heterocycles. The van der Waals surface area contributed by atoms with Gasteiger partial charge in [0, 0.05) is 11.1 Å². The smallest absolute Gasteiger partial charge is 0.0716 e. The van der Waals surface area contributed by atoms with Crippen LogP contribution in [0.3, 0.4) is 0 Å². The molecule has 0 unspecified atom stereocenters. The monoisotopic (exact) mass is 861 g/mol. The van der Waals surface area contributed by atoms with E-state index in [1.54, 1.807) is 0 Å². The third kappa shape index (κ3) is 7.01. The normalized spacial score (nSPS) is 11.5. The minimum absolute atomic E-state index is 0.919. The van der Waals surface area contributed by atoms with Crippen LogP contribution in [0, 0.1) is 0 Å². The number of hydrogen-bond donors (Lipinski definition) is 0. The Hall–Kier alpha value is -8.91. The number of benzene rings is 12. The molecule has 0 fully saturated rings. The minimum Gasteiger partial charge on any atom is -0.248 e. The fourth-order valence-corrected chi connectivity index (χ4v) is 10.4. The average molecular weight is 862 g/mol. The van der Waals surface area contributed by atoms with Crippen molar-refractivity contribution in [2.24, 2.45) is 0 Å². The summed E-state index contributed by atoms with van der Waals surface area (Å²) in [6.45, 7) is 0. The Labute approximate surface area is 395 Å². The molecule has 0 aliphatic rings. The zero-order valence-electron chi connectivity index (χ0n) is 37.3. The Bertz CT molecular complexity index is 3900. The van der Waals surface area contributed by atoms with Gasteiger partial charge in [0.25, 0.3) is 0 Å². The molecule has 0 radical (unpaired) electrons. The molecule has 316 valence electrons. The van der Waals surface area contributed by atoms with Gasteiger partial charge in [-0.2, -0.15) is 0 Å². The molecule has 68 heavy (non-hydrogen) atoms. The molecule has 0 spiro atoms. The maximum Gasteiger partial charge on any atom is 0.0716 e. The van der Waals surface area contributed by atoms with Crippen LogP contribution < -0.4 is 0 Å². The fourth-order valence-electron chi connectivity index (χ4n) is 10.4. The van der Waals surface area contributed by atoms with Gasteiger partial charge in [-0.15, -0.1) is 0 Å². The van der Waals surface area contributed by atoms with Gasteiger partial charge >= 0.3 is 0 Å². The molecule has 0 atom stereocenters. The van der Waals surface area contributed by atoms with Gasteiger partial charge in [-0.1, -0.05) is 218 Å². The summed E-state index contributed by atoms with van der Waals surface area (Å²) in [6.07, 6.45) is 0.